The molecule has 0 saturated heterocycles. The zero-order valence-electron chi connectivity index (χ0n) is 12.1. The molecule has 0 radical (unpaired) electrons. The maximum absolute atomic E-state index is 9.39. The smallest absolute Gasteiger partial charge is 0.138 e. The fourth-order valence-electron chi connectivity index (χ4n) is 2.22. The Labute approximate surface area is 128 Å². The topological polar surface area (TPSA) is 63.7 Å². The van der Waals surface area contributed by atoms with E-state index in [0.717, 1.165) is 11.4 Å². The van der Waals surface area contributed by atoms with Crippen molar-refractivity contribution in [2.45, 2.75) is 13.5 Å². The van der Waals surface area contributed by atoms with Crippen molar-refractivity contribution in [3.05, 3.63) is 71.8 Å². The molecule has 0 aliphatic heterocycles. The number of aromatic nitrogens is 3. The molecular formula is C17H14N4O. The summed E-state index contributed by atoms with van der Waals surface area (Å²) >= 11 is 0. The Balaban J connectivity index is 1.97. The highest BCUT2D eigenvalue weighted by atomic mass is 16.5. The number of nitrogens with zero attached hydrogens (tertiary/aromatic N) is 4. The van der Waals surface area contributed by atoms with Crippen LogP contribution in [0.15, 0.2) is 54.9 Å². The molecule has 108 valence electrons. The van der Waals surface area contributed by atoms with Gasteiger partial charge in [0.05, 0.1) is 23.3 Å². The van der Waals surface area contributed by atoms with Gasteiger partial charge >= 0.3 is 0 Å². The van der Waals surface area contributed by atoms with Crippen LogP contribution in [0.1, 0.15) is 17.0 Å². The predicted molar refractivity (Wildman–Crippen MR) is 81.6 cm³/mol. The van der Waals surface area contributed by atoms with Gasteiger partial charge in [-0.05, 0) is 31.2 Å². The van der Waals surface area contributed by atoms with E-state index in [0.29, 0.717) is 17.0 Å². The molecule has 1 aromatic carbocycles. The average molecular weight is 290 g/mol. The lowest BCUT2D eigenvalue weighted by Gasteiger charge is -2.09. The summed E-state index contributed by atoms with van der Waals surface area (Å²) in [4.78, 5) is 4.01. The third-order valence-corrected chi connectivity index (χ3v) is 3.28. The quantitative estimate of drug-likeness (QED) is 0.741. The number of rotatable bonds is 4. The van der Waals surface area contributed by atoms with Gasteiger partial charge in [0.1, 0.15) is 24.0 Å². The first-order valence-electron chi connectivity index (χ1n) is 6.86. The largest absolute Gasteiger partial charge is 0.486 e. The number of hydrogen-bond donors (Lipinski definition) is 0. The van der Waals surface area contributed by atoms with Crippen LogP contribution in [0, 0.1) is 18.3 Å². The van der Waals surface area contributed by atoms with E-state index in [1.807, 2.05) is 43.3 Å². The molecule has 5 heteroatoms. The van der Waals surface area contributed by atoms with Gasteiger partial charge in [-0.15, -0.1) is 0 Å². The number of pyridine rings is 1. The summed E-state index contributed by atoms with van der Waals surface area (Å²) in [6.45, 7) is 2.08. The number of benzene rings is 1. The molecule has 3 aromatic rings. The minimum atomic E-state index is 0.254. The second kappa shape index (κ2) is 6.10. The van der Waals surface area contributed by atoms with Crippen molar-refractivity contribution in [2.24, 2.45) is 0 Å². The summed E-state index contributed by atoms with van der Waals surface area (Å²) < 4.78 is 7.49. The first-order chi connectivity index (χ1) is 10.8. The Morgan fingerprint density at radius 1 is 1.18 bits per heavy atom. The molecule has 22 heavy (non-hydrogen) atoms. The van der Waals surface area contributed by atoms with Crippen LogP contribution in [0.25, 0.3) is 5.69 Å². The number of aryl methyl sites for hydroxylation is 1. The van der Waals surface area contributed by atoms with Crippen LogP contribution in [0.2, 0.25) is 0 Å². The molecule has 0 atom stereocenters. The van der Waals surface area contributed by atoms with Crippen molar-refractivity contribution in [3.8, 4) is 17.5 Å². The van der Waals surface area contributed by atoms with E-state index in [1.54, 1.807) is 23.1 Å². The lowest BCUT2D eigenvalue weighted by molar-refractivity contribution is 0.296. The normalized spacial score (nSPS) is 10.2. The van der Waals surface area contributed by atoms with Gasteiger partial charge in [0, 0.05) is 6.20 Å². The van der Waals surface area contributed by atoms with Crippen molar-refractivity contribution >= 4 is 0 Å². The second-order valence-electron chi connectivity index (χ2n) is 4.74. The lowest BCUT2D eigenvalue weighted by atomic mass is 10.2. The summed E-state index contributed by atoms with van der Waals surface area (Å²) in [5, 5.41) is 13.8. The van der Waals surface area contributed by atoms with Gasteiger partial charge in [-0.1, -0.05) is 18.2 Å². The molecule has 0 aliphatic rings. The molecule has 5 nitrogen and oxygen atoms in total. The maximum Gasteiger partial charge on any atom is 0.138 e. The Morgan fingerprint density at radius 2 is 2.00 bits per heavy atom. The third kappa shape index (κ3) is 2.67. The molecule has 2 heterocycles. The summed E-state index contributed by atoms with van der Waals surface area (Å²) in [5.41, 5.74) is 2.87. The molecule has 0 unspecified atom stereocenters. The van der Waals surface area contributed by atoms with Crippen molar-refractivity contribution < 1.29 is 4.74 Å². The fraction of sp³-hybridized carbons (Fsp3) is 0.118. The molecule has 0 N–H and O–H groups in total. The van der Waals surface area contributed by atoms with Crippen LogP contribution < -0.4 is 4.74 Å². The number of nitriles is 1. The lowest BCUT2D eigenvalue weighted by Crippen LogP contribution is -2.07. The molecule has 0 fully saturated rings. The monoisotopic (exact) mass is 290 g/mol. The zero-order chi connectivity index (χ0) is 15.4. The molecule has 2 aromatic heterocycles. The molecule has 0 saturated carbocycles. The molecule has 0 bridgehead atoms. The molecule has 0 aliphatic carbocycles. The number of hydrogen-bond acceptors (Lipinski definition) is 4. The van der Waals surface area contributed by atoms with E-state index in [-0.39, 0.29) is 6.61 Å². The van der Waals surface area contributed by atoms with E-state index in [1.165, 1.54) is 0 Å². The van der Waals surface area contributed by atoms with Gasteiger partial charge < -0.3 is 4.74 Å². The maximum atomic E-state index is 9.39. The summed E-state index contributed by atoms with van der Waals surface area (Å²) in [6.07, 6.45) is 3.33. The van der Waals surface area contributed by atoms with E-state index >= 15 is 0 Å². The van der Waals surface area contributed by atoms with Gasteiger partial charge in [0.2, 0.25) is 0 Å². The standard InChI is InChI=1S/C17H14N4O/c1-13-16(10-18)17(12-22-15-8-5-9-19-11-15)21(20-13)14-6-3-2-4-7-14/h2-9,11H,12H2,1H3. The van der Waals surface area contributed by atoms with Gasteiger partial charge in [-0.3, -0.25) is 4.98 Å². The minimum absolute atomic E-state index is 0.254. The highest BCUT2D eigenvalue weighted by molar-refractivity contribution is 5.43. The Bertz CT molecular complexity index is 804. The van der Waals surface area contributed by atoms with Crippen molar-refractivity contribution in [2.75, 3.05) is 0 Å². The highest BCUT2D eigenvalue weighted by Gasteiger charge is 2.16. The third-order valence-electron chi connectivity index (χ3n) is 3.28. The first-order valence-corrected chi connectivity index (χ1v) is 6.86. The molecule has 0 spiro atoms. The van der Waals surface area contributed by atoms with Crippen molar-refractivity contribution in [1.82, 2.24) is 14.8 Å². The number of ether oxygens (including phenoxy) is 1. The van der Waals surface area contributed by atoms with Gasteiger partial charge in [-0.2, -0.15) is 10.4 Å². The van der Waals surface area contributed by atoms with E-state index in [2.05, 4.69) is 16.2 Å². The Hall–Kier alpha value is -3.13. The van der Waals surface area contributed by atoms with Crippen LogP contribution in [0.3, 0.4) is 0 Å². The van der Waals surface area contributed by atoms with Crippen LogP contribution in [0.5, 0.6) is 5.75 Å². The van der Waals surface area contributed by atoms with Crippen LogP contribution in [-0.4, -0.2) is 14.8 Å². The molecule has 0 amide bonds. The predicted octanol–water partition coefficient (Wildman–Crippen LogP) is 3.03. The highest BCUT2D eigenvalue weighted by Crippen LogP contribution is 2.20. The first kappa shape index (κ1) is 13.8. The van der Waals surface area contributed by atoms with Gasteiger partial charge in [0.25, 0.3) is 0 Å². The van der Waals surface area contributed by atoms with Gasteiger partial charge in [0.15, 0.2) is 0 Å². The van der Waals surface area contributed by atoms with Crippen LogP contribution in [0.4, 0.5) is 0 Å². The SMILES string of the molecule is Cc1nn(-c2ccccc2)c(COc2cccnc2)c1C#N. The fourth-order valence-corrected chi connectivity index (χ4v) is 2.22. The van der Waals surface area contributed by atoms with Crippen molar-refractivity contribution in [3.63, 3.8) is 0 Å². The Morgan fingerprint density at radius 3 is 2.68 bits per heavy atom. The Kier molecular flexibility index (Phi) is 3.84. The molecular weight excluding hydrogens is 276 g/mol. The van der Waals surface area contributed by atoms with Crippen molar-refractivity contribution in [1.29, 1.82) is 5.26 Å². The van der Waals surface area contributed by atoms with Crippen LogP contribution in [-0.2, 0) is 6.61 Å². The van der Waals surface area contributed by atoms with E-state index in [4.69, 9.17) is 4.74 Å². The van der Waals surface area contributed by atoms with Crippen LogP contribution >= 0.6 is 0 Å². The van der Waals surface area contributed by atoms with E-state index < -0.39 is 0 Å². The summed E-state index contributed by atoms with van der Waals surface area (Å²) in [6, 6.07) is 15.5. The number of para-hydroxylation sites is 1. The van der Waals surface area contributed by atoms with E-state index in [9.17, 15) is 5.26 Å². The minimum Gasteiger partial charge on any atom is -0.486 e. The van der Waals surface area contributed by atoms with Gasteiger partial charge in [-0.25, -0.2) is 4.68 Å². The molecule has 3 rings (SSSR count). The summed E-state index contributed by atoms with van der Waals surface area (Å²) in [5.74, 6) is 0.657. The summed E-state index contributed by atoms with van der Waals surface area (Å²) in [7, 11) is 0. The second-order valence-corrected chi connectivity index (χ2v) is 4.74. The average Bonchev–Trinajstić information content (AvgIpc) is 2.90. The zero-order valence-corrected chi connectivity index (χ0v) is 12.1.